The number of nitrogens with one attached hydrogen (secondary N) is 1. The normalized spacial score (nSPS) is 12.7. The molecule has 0 fully saturated rings. The molecule has 0 bridgehead atoms. The minimum atomic E-state index is 0.219. The molecule has 0 unspecified atom stereocenters. The smallest absolute Gasteiger partial charge is 0.0486 e. The van der Waals surface area contributed by atoms with Crippen LogP contribution in [0.25, 0.3) is 17.0 Å². The van der Waals surface area contributed by atoms with Crippen LogP contribution in [0.15, 0.2) is 91.1 Å². The lowest BCUT2D eigenvalue weighted by molar-refractivity contribution is 1.04. The lowest BCUT2D eigenvalue weighted by Crippen LogP contribution is -1.96. The number of rotatable bonds is 4. The maximum Gasteiger partial charge on any atom is 0.0486 e. The third-order valence-corrected chi connectivity index (χ3v) is 4.73. The van der Waals surface area contributed by atoms with Gasteiger partial charge in [0.05, 0.1) is 0 Å². The highest BCUT2D eigenvalue weighted by Gasteiger charge is 2.15. The van der Waals surface area contributed by atoms with Gasteiger partial charge >= 0.3 is 0 Å². The predicted molar refractivity (Wildman–Crippen MR) is 107 cm³/mol. The summed E-state index contributed by atoms with van der Waals surface area (Å²) in [5.74, 6) is 0.219. The number of allylic oxidation sites excluding steroid dienone is 1. The largest absolute Gasteiger partial charge is 0.361 e. The zero-order valence-electron chi connectivity index (χ0n) is 14.3. The van der Waals surface area contributed by atoms with Crippen LogP contribution in [0.3, 0.4) is 0 Å². The van der Waals surface area contributed by atoms with Gasteiger partial charge in [-0.2, -0.15) is 0 Å². The first-order chi connectivity index (χ1) is 12.3. The van der Waals surface area contributed by atoms with Crippen LogP contribution in [0.4, 0.5) is 0 Å². The van der Waals surface area contributed by atoms with Gasteiger partial charge in [-0.1, -0.05) is 91.0 Å². The highest BCUT2D eigenvalue weighted by Crippen LogP contribution is 2.33. The van der Waals surface area contributed by atoms with Gasteiger partial charge in [-0.15, -0.1) is 0 Å². The molecule has 0 saturated heterocycles. The second-order valence-electron chi connectivity index (χ2n) is 6.40. The fourth-order valence-corrected chi connectivity index (χ4v) is 3.41. The molecule has 0 aliphatic rings. The summed E-state index contributed by atoms with van der Waals surface area (Å²) in [7, 11) is 0. The van der Waals surface area contributed by atoms with Crippen molar-refractivity contribution in [1.82, 2.24) is 4.98 Å². The average Bonchev–Trinajstić information content (AvgIpc) is 3.09. The molecule has 0 amide bonds. The summed E-state index contributed by atoms with van der Waals surface area (Å²) in [5.41, 5.74) is 6.35. The topological polar surface area (TPSA) is 15.8 Å². The van der Waals surface area contributed by atoms with Gasteiger partial charge in [0.1, 0.15) is 0 Å². The van der Waals surface area contributed by atoms with E-state index in [0.717, 1.165) is 0 Å². The van der Waals surface area contributed by atoms with Gasteiger partial charge in [0, 0.05) is 23.0 Å². The van der Waals surface area contributed by atoms with Crippen LogP contribution >= 0.6 is 0 Å². The van der Waals surface area contributed by atoms with Crippen LogP contribution in [-0.2, 0) is 0 Å². The lowest BCUT2D eigenvalue weighted by atomic mass is 9.90. The number of fused-ring (bicyclic) bond motifs is 1. The van der Waals surface area contributed by atoms with Gasteiger partial charge in [0.15, 0.2) is 0 Å². The van der Waals surface area contributed by atoms with Crippen LogP contribution in [0.1, 0.15) is 28.2 Å². The SMILES string of the molecule is Cc1cccc2c([C@H](/C=C/c3ccccc3)c3ccccc3)c[nH]c12. The number of H-pyrrole nitrogens is 1. The summed E-state index contributed by atoms with van der Waals surface area (Å²) in [6.45, 7) is 2.15. The van der Waals surface area contributed by atoms with E-state index in [9.17, 15) is 0 Å². The Balaban J connectivity index is 1.83. The van der Waals surface area contributed by atoms with Crippen molar-refractivity contribution in [3.8, 4) is 0 Å². The van der Waals surface area contributed by atoms with E-state index in [1.165, 1.54) is 33.2 Å². The Morgan fingerprint density at radius 1 is 0.800 bits per heavy atom. The Morgan fingerprint density at radius 2 is 1.52 bits per heavy atom. The number of aromatic nitrogens is 1. The van der Waals surface area contributed by atoms with Crippen molar-refractivity contribution >= 4 is 17.0 Å². The third-order valence-electron chi connectivity index (χ3n) is 4.73. The zero-order chi connectivity index (χ0) is 17.1. The standard InChI is InChI=1S/C24H21N/c1-18-9-8-14-22-23(17-25-24(18)22)21(20-12-6-3-7-13-20)16-15-19-10-4-2-5-11-19/h2-17,21,25H,1H3/b16-15+/t21-/m1/s1. The van der Waals surface area contributed by atoms with E-state index >= 15 is 0 Å². The summed E-state index contributed by atoms with van der Waals surface area (Å²) < 4.78 is 0. The Labute approximate surface area is 148 Å². The monoisotopic (exact) mass is 323 g/mol. The summed E-state index contributed by atoms with van der Waals surface area (Å²) >= 11 is 0. The Kier molecular flexibility index (Phi) is 4.22. The molecule has 1 atom stereocenters. The van der Waals surface area contributed by atoms with Crippen molar-refractivity contribution in [3.63, 3.8) is 0 Å². The number of aromatic amines is 1. The molecule has 25 heavy (non-hydrogen) atoms. The van der Waals surface area contributed by atoms with Crippen molar-refractivity contribution in [3.05, 3.63) is 113 Å². The molecule has 4 aromatic rings. The van der Waals surface area contributed by atoms with Crippen molar-refractivity contribution < 1.29 is 0 Å². The molecule has 1 nitrogen and oxygen atoms in total. The molecule has 4 rings (SSSR count). The summed E-state index contributed by atoms with van der Waals surface area (Å²) in [4.78, 5) is 3.47. The van der Waals surface area contributed by atoms with E-state index in [1.54, 1.807) is 0 Å². The van der Waals surface area contributed by atoms with E-state index in [-0.39, 0.29) is 5.92 Å². The number of hydrogen-bond acceptors (Lipinski definition) is 0. The molecule has 1 heteroatoms. The Bertz CT molecular complexity index is 994. The number of benzene rings is 3. The van der Waals surface area contributed by atoms with Crippen LogP contribution in [0.2, 0.25) is 0 Å². The molecule has 1 N–H and O–H groups in total. The lowest BCUT2D eigenvalue weighted by Gasteiger charge is -2.13. The molecular weight excluding hydrogens is 302 g/mol. The maximum atomic E-state index is 3.47. The number of para-hydroxylation sites is 1. The van der Waals surface area contributed by atoms with Crippen molar-refractivity contribution in [2.75, 3.05) is 0 Å². The second-order valence-corrected chi connectivity index (χ2v) is 6.40. The first-order valence-electron chi connectivity index (χ1n) is 8.68. The Hall–Kier alpha value is -3.06. The molecular formula is C24H21N. The quantitative estimate of drug-likeness (QED) is 0.452. The molecule has 3 aromatic carbocycles. The van der Waals surface area contributed by atoms with Gasteiger partial charge in [0.2, 0.25) is 0 Å². The second kappa shape index (κ2) is 6.82. The van der Waals surface area contributed by atoms with Gasteiger partial charge < -0.3 is 4.98 Å². The van der Waals surface area contributed by atoms with E-state index in [2.05, 4.69) is 109 Å². The highest BCUT2D eigenvalue weighted by atomic mass is 14.7. The fourth-order valence-electron chi connectivity index (χ4n) is 3.41. The average molecular weight is 323 g/mol. The molecule has 0 spiro atoms. The minimum absolute atomic E-state index is 0.219. The first-order valence-corrected chi connectivity index (χ1v) is 8.68. The third kappa shape index (κ3) is 3.14. The van der Waals surface area contributed by atoms with E-state index in [0.29, 0.717) is 0 Å². The van der Waals surface area contributed by atoms with Crippen LogP contribution in [-0.4, -0.2) is 4.98 Å². The van der Waals surface area contributed by atoms with Gasteiger partial charge in [-0.25, -0.2) is 0 Å². The summed E-state index contributed by atoms with van der Waals surface area (Å²) in [5, 5.41) is 1.30. The first kappa shape index (κ1) is 15.5. The van der Waals surface area contributed by atoms with Crippen molar-refractivity contribution in [2.24, 2.45) is 0 Å². The number of aryl methyl sites for hydroxylation is 1. The molecule has 0 aliphatic carbocycles. The van der Waals surface area contributed by atoms with Crippen LogP contribution in [0.5, 0.6) is 0 Å². The molecule has 1 heterocycles. The highest BCUT2D eigenvalue weighted by molar-refractivity contribution is 5.87. The number of hydrogen-bond donors (Lipinski definition) is 1. The minimum Gasteiger partial charge on any atom is -0.361 e. The van der Waals surface area contributed by atoms with Gasteiger partial charge in [-0.3, -0.25) is 0 Å². The fraction of sp³-hybridized carbons (Fsp3) is 0.0833. The molecule has 0 saturated carbocycles. The van der Waals surface area contributed by atoms with E-state index in [1.807, 2.05) is 0 Å². The van der Waals surface area contributed by atoms with Crippen LogP contribution < -0.4 is 0 Å². The van der Waals surface area contributed by atoms with Gasteiger partial charge in [0.25, 0.3) is 0 Å². The maximum absolute atomic E-state index is 3.47. The van der Waals surface area contributed by atoms with Gasteiger partial charge in [-0.05, 0) is 29.2 Å². The van der Waals surface area contributed by atoms with Crippen LogP contribution in [0, 0.1) is 6.92 Å². The van der Waals surface area contributed by atoms with Crippen molar-refractivity contribution in [2.45, 2.75) is 12.8 Å². The zero-order valence-corrected chi connectivity index (χ0v) is 14.3. The Morgan fingerprint density at radius 3 is 2.28 bits per heavy atom. The molecule has 0 radical (unpaired) electrons. The molecule has 0 aliphatic heterocycles. The van der Waals surface area contributed by atoms with E-state index < -0.39 is 0 Å². The van der Waals surface area contributed by atoms with Crippen molar-refractivity contribution in [1.29, 1.82) is 0 Å². The van der Waals surface area contributed by atoms with E-state index in [4.69, 9.17) is 0 Å². The summed E-state index contributed by atoms with van der Waals surface area (Å²) in [6.07, 6.45) is 6.67. The molecule has 1 aromatic heterocycles. The molecule has 122 valence electrons. The predicted octanol–water partition coefficient (Wildman–Crippen LogP) is 6.32. The summed E-state index contributed by atoms with van der Waals surface area (Å²) in [6, 6.07) is 27.7.